The summed E-state index contributed by atoms with van der Waals surface area (Å²) in [6.07, 6.45) is 3.45. The zero-order valence-electron chi connectivity index (χ0n) is 19.0. The third-order valence-electron chi connectivity index (χ3n) is 5.73. The second-order valence-electron chi connectivity index (χ2n) is 8.08. The van der Waals surface area contributed by atoms with Crippen LogP contribution >= 0.6 is 23.2 Å². The van der Waals surface area contributed by atoms with Gasteiger partial charge < -0.3 is 14.4 Å². The molecule has 35 heavy (non-hydrogen) atoms. The molecule has 0 radical (unpaired) electrons. The fourth-order valence-corrected chi connectivity index (χ4v) is 4.38. The van der Waals surface area contributed by atoms with Crippen molar-refractivity contribution >= 4 is 29.0 Å². The fraction of sp³-hybridized carbons (Fsp3) is 0.240. The fourth-order valence-electron chi connectivity index (χ4n) is 3.87. The first kappa shape index (κ1) is 23.4. The molecule has 4 aromatic rings. The van der Waals surface area contributed by atoms with Crippen LogP contribution in [0.25, 0.3) is 5.69 Å². The van der Waals surface area contributed by atoms with Crippen molar-refractivity contribution in [2.45, 2.75) is 19.6 Å². The maximum absolute atomic E-state index is 12.9. The van der Waals surface area contributed by atoms with Crippen molar-refractivity contribution < 1.29 is 9.47 Å². The van der Waals surface area contributed by atoms with Gasteiger partial charge in [0, 0.05) is 47.6 Å². The Kier molecular flexibility index (Phi) is 6.77. The number of hydrogen-bond acceptors (Lipinski definition) is 6. The average molecular weight is 512 g/mol. The smallest absolute Gasteiger partial charge is 0.350 e. The summed E-state index contributed by atoms with van der Waals surface area (Å²) < 4.78 is 14.4. The number of benzene rings is 2. The lowest BCUT2D eigenvalue weighted by Crippen LogP contribution is -2.52. The van der Waals surface area contributed by atoms with Crippen molar-refractivity contribution in [2.75, 3.05) is 24.6 Å². The van der Waals surface area contributed by atoms with E-state index < -0.39 is 0 Å². The molecular formula is C25H23Cl2N5O3. The zero-order valence-corrected chi connectivity index (χ0v) is 20.5. The van der Waals surface area contributed by atoms with Gasteiger partial charge in [-0.05, 0) is 49.4 Å². The highest BCUT2D eigenvalue weighted by Crippen LogP contribution is 2.28. The van der Waals surface area contributed by atoms with E-state index in [9.17, 15) is 4.79 Å². The first-order chi connectivity index (χ1) is 17.0. The molecule has 5 rings (SSSR count). The summed E-state index contributed by atoms with van der Waals surface area (Å²) in [6, 6.07) is 16.1. The lowest BCUT2D eigenvalue weighted by molar-refractivity contribution is 0.0427. The molecule has 0 unspecified atom stereocenters. The zero-order chi connectivity index (χ0) is 24.4. The molecule has 180 valence electrons. The van der Waals surface area contributed by atoms with E-state index in [2.05, 4.69) is 15.0 Å². The number of nitrogens with zero attached hydrogens (tertiary/aromatic N) is 5. The molecular weight excluding hydrogens is 489 g/mol. The van der Waals surface area contributed by atoms with Crippen LogP contribution in [-0.4, -0.2) is 45.1 Å². The predicted molar refractivity (Wildman–Crippen MR) is 135 cm³/mol. The Morgan fingerprint density at radius 2 is 1.77 bits per heavy atom. The topological polar surface area (TPSA) is 74.4 Å². The molecule has 3 heterocycles. The molecule has 0 bridgehead atoms. The van der Waals surface area contributed by atoms with E-state index in [1.54, 1.807) is 48.7 Å². The van der Waals surface area contributed by atoms with E-state index in [1.165, 1.54) is 15.6 Å². The summed E-state index contributed by atoms with van der Waals surface area (Å²) in [5.74, 6) is 2.17. The van der Waals surface area contributed by atoms with Crippen molar-refractivity contribution in [1.82, 2.24) is 19.3 Å². The third kappa shape index (κ3) is 5.05. The number of pyridine rings is 1. The summed E-state index contributed by atoms with van der Waals surface area (Å²) in [7, 11) is 0. The van der Waals surface area contributed by atoms with Crippen LogP contribution in [0.15, 0.2) is 71.9 Å². The van der Waals surface area contributed by atoms with Gasteiger partial charge in [-0.1, -0.05) is 29.3 Å². The monoisotopic (exact) mass is 511 g/mol. The molecule has 0 amide bonds. The molecule has 0 atom stereocenters. The minimum atomic E-state index is -0.298. The van der Waals surface area contributed by atoms with Crippen molar-refractivity contribution in [3.8, 4) is 17.2 Å². The van der Waals surface area contributed by atoms with Crippen LogP contribution in [0.4, 0.5) is 5.82 Å². The van der Waals surface area contributed by atoms with Gasteiger partial charge in [0.15, 0.2) is 0 Å². The van der Waals surface area contributed by atoms with Gasteiger partial charge in [0.2, 0.25) is 0 Å². The van der Waals surface area contributed by atoms with Crippen LogP contribution in [0.2, 0.25) is 10.0 Å². The van der Waals surface area contributed by atoms with Crippen LogP contribution in [0.3, 0.4) is 0 Å². The molecule has 0 N–H and O–H groups in total. The van der Waals surface area contributed by atoms with Crippen LogP contribution in [0.1, 0.15) is 12.5 Å². The average Bonchev–Trinajstić information content (AvgIpc) is 3.19. The molecule has 10 heteroatoms. The molecule has 0 saturated carbocycles. The Hall–Kier alpha value is -3.33. The van der Waals surface area contributed by atoms with Crippen molar-refractivity contribution in [3.05, 3.63) is 93.2 Å². The Morgan fingerprint density at radius 3 is 2.49 bits per heavy atom. The van der Waals surface area contributed by atoms with E-state index >= 15 is 0 Å². The minimum Gasteiger partial charge on any atom is -0.457 e. The highest BCUT2D eigenvalue weighted by Gasteiger charge is 2.28. The van der Waals surface area contributed by atoms with Gasteiger partial charge in [0.1, 0.15) is 23.6 Å². The Morgan fingerprint density at radius 1 is 1.03 bits per heavy atom. The first-order valence-electron chi connectivity index (χ1n) is 11.2. The minimum absolute atomic E-state index is 0.227. The molecule has 1 fully saturated rings. The van der Waals surface area contributed by atoms with E-state index in [-0.39, 0.29) is 18.3 Å². The number of aromatic nitrogens is 4. The van der Waals surface area contributed by atoms with Gasteiger partial charge in [-0.2, -0.15) is 9.78 Å². The largest absolute Gasteiger partial charge is 0.457 e. The van der Waals surface area contributed by atoms with Gasteiger partial charge in [0.05, 0.1) is 18.3 Å². The van der Waals surface area contributed by atoms with Crippen LogP contribution in [-0.2, 0) is 11.3 Å². The van der Waals surface area contributed by atoms with Gasteiger partial charge in [0.25, 0.3) is 0 Å². The van der Waals surface area contributed by atoms with Gasteiger partial charge >= 0.3 is 5.69 Å². The maximum atomic E-state index is 12.9. The lowest BCUT2D eigenvalue weighted by atomic mass is 10.1. The SMILES string of the molecule is CCOC1CN(c2cc(Oc3ccc(-n4ncn(Cc5c(Cl)cccc5Cl)c4=O)cc3)ccn2)C1. The lowest BCUT2D eigenvalue weighted by Gasteiger charge is -2.39. The number of rotatable bonds is 8. The second-order valence-corrected chi connectivity index (χ2v) is 8.90. The molecule has 8 nitrogen and oxygen atoms in total. The van der Waals surface area contributed by atoms with Crippen molar-refractivity contribution in [1.29, 1.82) is 0 Å². The molecule has 0 spiro atoms. The quantitative estimate of drug-likeness (QED) is 0.338. The van der Waals surface area contributed by atoms with Crippen LogP contribution < -0.4 is 15.3 Å². The molecule has 1 saturated heterocycles. The summed E-state index contributed by atoms with van der Waals surface area (Å²) >= 11 is 12.5. The van der Waals surface area contributed by atoms with E-state index in [1.807, 2.05) is 19.1 Å². The first-order valence-corrected chi connectivity index (χ1v) is 12.0. The van der Waals surface area contributed by atoms with Gasteiger partial charge in [-0.25, -0.2) is 9.78 Å². The standard InChI is InChI=1S/C25H23Cl2N5O3/c1-2-34-20-13-30(14-20)24-12-19(10-11-28-24)35-18-8-6-17(7-9-18)32-25(33)31(16-29-32)15-21-22(26)4-3-5-23(21)27/h3-12,16,20H,2,13-15H2,1H3. The summed E-state index contributed by atoms with van der Waals surface area (Å²) in [6.45, 7) is 4.59. The van der Waals surface area contributed by atoms with E-state index in [0.717, 1.165) is 18.9 Å². The van der Waals surface area contributed by atoms with Gasteiger partial charge in [-0.3, -0.25) is 4.57 Å². The van der Waals surface area contributed by atoms with Crippen LogP contribution in [0.5, 0.6) is 11.5 Å². The van der Waals surface area contributed by atoms with Crippen LogP contribution in [0, 0.1) is 0 Å². The summed E-state index contributed by atoms with van der Waals surface area (Å²) in [4.78, 5) is 19.5. The van der Waals surface area contributed by atoms with E-state index in [4.69, 9.17) is 32.7 Å². The Balaban J connectivity index is 1.27. The normalized spacial score (nSPS) is 13.6. The maximum Gasteiger partial charge on any atom is 0.350 e. The number of anilines is 1. The van der Waals surface area contributed by atoms with Crippen molar-refractivity contribution in [2.24, 2.45) is 0 Å². The number of halogens is 2. The molecule has 1 aliphatic heterocycles. The Labute approximate surface area is 212 Å². The third-order valence-corrected chi connectivity index (χ3v) is 6.44. The molecule has 1 aliphatic rings. The molecule has 0 aliphatic carbocycles. The summed E-state index contributed by atoms with van der Waals surface area (Å²) in [5.41, 5.74) is 0.988. The summed E-state index contributed by atoms with van der Waals surface area (Å²) in [5, 5.41) is 5.24. The second kappa shape index (κ2) is 10.1. The molecule has 2 aromatic carbocycles. The number of ether oxygens (including phenoxy) is 2. The van der Waals surface area contributed by atoms with Gasteiger partial charge in [-0.15, -0.1) is 0 Å². The highest BCUT2D eigenvalue weighted by atomic mass is 35.5. The van der Waals surface area contributed by atoms with Crippen molar-refractivity contribution in [3.63, 3.8) is 0 Å². The predicted octanol–water partition coefficient (Wildman–Crippen LogP) is 4.80. The molecule has 2 aromatic heterocycles. The van der Waals surface area contributed by atoms with E-state index in [0.29, 0.717) is 39.4 Å². The highest BCUT2D eigenvalue weighted by molar-refractivity contribution is 6.35. The Bertz CT molecular complexity index is 1360. The number of hydrogen-bond donors (Lipinski definition) is 0.